The van der Waals surface area contributed by atoms with Crippen molar-refractivity contribution in [1.82, 2.24) is 15.5 Å². The number of likely N-dealkylation sites (tertiary alicyclic amines) is 1. The third kappa shape index (κ3) is 7.00. The van der Waals surface area contributed by atoms with Gasteiger partial charge < -0.3 is 20.6 Å². The van der Waals surface area contributed by atoms with Gasteiger partial charge in [0, 0.05) is 25.0 Å². The number of rotatable bonds is 7. The minimum Gasteiger partial charge on any atom is -0.481 e. The molecule has 0 aliphatic carbocycles. The number of carbonyl (C=O) groups excluding carboxylic acids is 1. The smallest absolute Gasteiger partial charge is 0.315 e. The van der Waals surface area contributed by atoms with Gasteiger partial charge in [-0.25, -0.2) is 4.79 Å². The zero-order valence-corrected chi connectivity index (χ0v) is 11.9. The normalized spacial score (nSPS) is 16.3. The number of hydrogen-bond donors (Lipinski definition) is 3. The van der Waals surface area contributed by atoms with Crippen LogP contribution in [0.2, 0.25) is 0 Å². The summed E-state index contributed by atoms with van der Waals surface area (Å²) >= 11 is 0. The van der Waals surface area contributed by atoms with Crippen LogP contribution >= 0.6 is 0 Å². The molecule has 0 atom stereocenters. The van der Waals surface area contributed by atoms with E-state index >= 15 is 0 Å². The van der Waals surface area contributed by atoms with Crippen LogP contribution in [-0.2, 0) is 4.79 Å². The molecular weight excluding hydrogens is 246 g/mol. The number of urea groups is 1. The van der Waals surface area contributed by atoms with Crippen molar-refractivity contribution in [1.29, 1.82) is 0 Å². The Morgan fingerprint density at radius 3 is 2.47 bits per heavy atom. The molecule has 0 saturated carbocycles. The Morgan fingerprint density at radius 2 is 1.89 bits per heavy atom. The molecule has 1 fully saturated rings. The Balaban J connectivity index is 2.16. The van der Waals surface area contributed by atoms with Gasteiger partial charge in [-0.2, -0.15) is 0 Å². The van der Waals surface area contributed by atoms with E-state index in [9.17, 15) is 9.59 Å². The van der Waals surface area contributed by atoms with Crippen LogP contribution in [0.15, 0.2) is 0 Å². The van der Waals surface area contributed by atoms with Crippen LogP contribution in [-0.4, -0.2) is 53.7 Å². The first kappa shape index (κ1) is 15.8. The molecule has 1 rings (SSSR count). The van der Waals surface area contributed by atoms with Crippen LogP contribution < -0.4 is 10.6 Å². The first-order valence-corrected chi connectivity index (χ1v) is 6.89. The number of nitrogens with one attached hydrogen (secondary N) is 2. The molecule has 0 aromatic heterocycles. The molecule has 1 saturated heterocycles. The molecule has 6 nitrogen and oxygen atoms in total. The highest BCUT2D eigenvalue weighted by atomic mass is 16.4. The molecule has 1 heterocycles. The summed E-state index contributed by atoms with van der Waals surface area (Å²) in [5.41, 5.74) is -0.504. The fraction of sp³-hybridized carbons (Fsp3) is 0.846. The molecule has 1 aliphatic rings. The number of amides is 2. The van der Waals surface area contributed by atoms with Gasteiger partial charge in [-0.05, 0) is 46.2 Å². The summed E-state index contributed by atoms with van der Waals surface area (Å²) in [6, 6.07) is -0.227. The maximum Gasteiger partial charge on any atom is 0.315 e. The number of carbonyl (C=O) groups is 2. The Bertz CT molecular complexity index is 312. The van der Waals surface area contributed by atoms with Crippen LogP contribution in [0.1, 0.15) is 39.5 Å². The van der Waals surface area contributed by atoms with Crippen LogP contribution in [0.3, 0.4) is 0 Å². The molecule has 1 aliphatic heterocycles. The maximum absolute atomic E-state index is 11.7. The molecule has 19 heavy (non-hydrogen) atoms. The average Bonchev–Trinajstić information content (AvgIpc) is 2.79. The SMILES string of the molecule is CC(C)(CCC(=O)O)NC(=O)NCCN1CCCC1. The van der Waals surface area contributed by atoms with E-state index in [4.69, 9.17) is 5.11 Å². The Labute approximate surface area is 114 Å². The summed E-state index contributed by atoms with van der Waals surface area (Å²) in [5, 5.41) is 14.3. The third-order valence-corrected chi connectivity index (χ3v) is 3.33. The van der Waals surface area contributed by atoms with Gasteiger partial charge in [0.2, 0.25) is 0 Å². The van der Waals surface area contributed by atoms with E-state index in [1.807, 2.05) is 13.8 Å². The van der Waals surface area contributed by atoms with E-state index in [0.29, 0.717) is 13.0 Å². The molecule has 0 aromatic carbocycles. The molecule has 0 spiro atoms. The summed E-state index contributed by atoms with van der Waals surface area (Å²) in [7, 11) is 0. The second-order valence-electron chi connectivity index (χ2n) is 5.71. The molecule has 0 radical (unpaired) electrons. The molecule has 0 bridgehead atoms. The largest absolute Gasteiger partial charge is 0.481 e. The monoisotopic (exact) mass is 271 g/mol. The number of carboxylic acid groups (broad SMARTS) is 1. The highest BCUT2D eigenvalue weighted by molar-refractivity contribution is 5.74. The minimum absolute atomic E-state index is 0.0566. The second-order valence-corrected chi connectivity index (χ2v) is 5.71. The van der Waals surface area contributed by atoms with Crippen molar-refractivity contribution in [3.8, 4) is 0 Å². The van der Waals surface area contributed by atoms with E-state index in [1.54, 1.807) is 0 Å². The Kier molecular flexibility index (Phi) is 6.08. The van der Waals surface area contributed by atoms with Crippen molar-refractivity contribution < 1.29 is 14.7 Å². The zero-order chi connectivity index (χ0) is 14.3. The van der Waals surface area contributed by atoms with Crippen LogP contribution in [0.5, 0.6) is 0 Å². The van der Waals surface area contributed by atoms with Crippen LogP contribution in [0.25, 0.3) is 0 Å². The summed E-state index contributed by atoms with van der Waals surface area (Å²) < 4.78 is 0. The summed E-state index contributed by atoms with van der Waals surface area (Å²) in [6.45, 7) is 7.40. The van der Waals surface area contributed by atoms with E-state index in [-0.39, 0.29) is 12.5 Å². The lowest BCUT2D eigenvalue weighted by atomic mass is 9.99. The van der Waals surface area contributed by atoms with E-state index in [1.165, 1.54) is 12.8 Å². The highest BCUT2D eigenvalue weighted by Gasteiger charge is 2.21. The van der Waals surface area contributed by atoms with E-state index in [2.05, 4.69) is 15.5 Å². The summed E-state index contributed by atoms with van der Waals surface area (Å²) in [6.07, 6.45) is 2.96. The first-order chi connectivity index (χ1) is 8.89. The van der Waals surface area contributed by atoms with Gasteiger partial charge in [-0.15, -0.1) is 0 Å². The zero-order valence-electron chi connectivity index (χ0n) is 11.9. The van der Waals surface area contributed by atoms with Crippen molar-refractivity contribution in [3.63, 3.8) is 0 Å². The van der Waals surface area contributed by atoms with Crippen molar-refractivity contribution in [2.24, 2.45) is 0 Å². The summed E-state index contributed by atoms with van der Waals surface area (Å²) in [4.78, 5) is 24.5. The molecule has 0 unspecified atom stereocenters. The van der Waals surface area contributed by atoms with Crippen molar-refractivity contribution in [2.75, 3.05) is 26.2 Å². The molecule has 2 amide bonds. The molecule has 3 N–H and O–H groups in total. The minimum atomic E-state index is -0.843. The number of hydrogen-bond acceptors (Lipinski definition) is 3. The predicted octanol–water partition coefficient (Wildman–Crippen LogP) is 1.02. The van der Waals surface area contributed by atoms with Crippen molar-refractivity contribution in [3.05, 3.63) is 0 Å². The third-order valence-electron chi connectivity index (χ3n) is 3.33. The Morgan fingerprint density at radius 1 is 1.26 bits per heavy atom. The number of aliphatic carboxylic acids is 1. The lowest BCUT2D eigenvalue weighted by Gasteiger charge is -2.26. The fourth-order valence-electron chi connectivity index (χ4n) is 2.17. The molecular formula is C13H25N3O3. The lowest BCUT2D eigenvalue weighted by molar-refractivity contribution is -0.137. The van der Waals surface area contributed by atoms with Gasteiger partial charge in [0.1, 0.15) is 0 Å². The number of nitrogens with zero attached hydrogens (tertiary/aromatic N) is 1. The first-order valence-electron chi connectivity index (χ1n) is 6.89. The maximum atomic E-state index is 11.7. The van der Waals surface area contributed by atoms with E-state index in [0.717, 1.165) is 19.6 Å². The quantitative estimate of drug-likeness (QED) is 0.646. The Hall–Kier alpha value is -1.30. The van der Waals surface area contributed by atoms with Crippen LogP contribution in [0, 0.1) is 0 Å². The number of carboxylic acids is 1. The van der Waals surface area contributed by atoms with Gasteiger partial charge in [0.05, 0.1) is 0 Å². The second kappa shape index (κ2) is 7.33. The highest BCUT2D eigenvalue weighted by Crippen LogP contribution is 2.10. The van der Waals surface area contributed by atoms with Crippen LogP contribution in [0.4, 0.5) is 4.79 Å². The van der Waals surface area contributed by atoms with Gasteiger partial charge in [0.15, 0.2) is 0 Å². The standard InChI is InChI=1S/C13H25N3O3/c1-13(2,6-5-11(17)18)15-12(19)14-7-10-16-8-3-4-9-16/h3-10H2,1-2H3,(H,17,18)(H2,14,15,19). The van der Waals surface area contributed by atoms with Crippen molar-refractivity contribution >= 4 is 12.0 Å². The predicted molar refractivity (Wildman–Crippen MR) is 73.2 cm³/mol. The summed E-state index contributed by atoms with van der Waals surface area (Å²) in [5.74, 6) is -0.843. The van der Waals surface area contributed by atoms with Gasteiger partial charge in [0.25, 0.3) is 0 Å². The molecule has 110 valence electrons. The molecule has 0 aromatic rings. The van der Waals surface area contributed by atoms with E-state index < -0.39 is 11.5 Å². The van der Waals surface area contributed by atoms with Gasteiger partial charge in [-0.3, -0.25) is 4.79 Å². The fourth-order valence-corrected chi connectivity index (χ4v) is 2.17. The average molecular weight is 271 g/mol. The van der Waals surface area contributed by atoms with Crippen molar-refractivity contribution in [2.45, 2.75) is 45.1 Å². The lowest BCUT2D eigenvalue weighted by Crippen LogP contribution is -2.49. The topological polar surface area (TPSA) is 81.7 Å². The van der Waals surface area contributed by atoms with Gasteiger partial charge in [-0.1, -0.05) is 0 Å². The molecule has 6 heteroatoms. The van der Waals surface area contributed by atoms with Gasteiger partial charge >= 0.3 is 12.0 Å².